The molecule has 114 valence electrons. The van der Waals surface area contributed by atoms with E-state index < -0.39 is 0 Å². The quantitative estimate of drug-likeness (QED) is 0.876. The molecule has 0 amide bonds. The Bertz CT molecular complexity index is 563. The van der Waals surface area contributed by atoms with Gasteiger partial charge in [-0.2, -0.15) is 15.0 Å². The Balaban J connectivity index is 2.44. The van der Waals surface area contributed by atoms with Crippen LogP contribution in [0.25, 0.3) is 5.95 Å². The minimum Gasteiger partial charge on any atom is -0.357 e. The Morgan fingerprint density at radius 1 is 1.19 bits per heavy atom. The lowest BCUT2D eigenvalue weighted by molar-refractivity contribution is 0.559. The van der Waals surface area contributed by atoms with E-state index in [1.54, 1.807) is 24.1 Å². The van der Waals surface area contributed by atoms with Crippen molar-refractivity contribution >= 4 is 11.9 Å². The minimum absolute atomic E-state index is 0.315. The molecule has 0 unspecified atom stereocenters. The molecule has 0 saturated heterocycles. The molecule has 2 heterocycles. The number of rotatable bonds is 6. The van der Waals surface area contributed by atoms with Crippen molar-refractivity contribution in [2.75, 3.05) is 23.8 Å². The summed E-state index contributed by atoms with van der Waals surface area (Å²) in [5, 5.41) is 2.99. The lowest BCUT2D eigenvalue weighted by atomic mass is 10.2. The van der Waals surface area contributed by atoms with Crippen LogP contribution in [0.15, 0.2) is 18.7 Å². The monoisotopic (exact) mass is 289 g/mol. The van der Waals surface area contributed by atoms with Crippen molar-refractivity contribution < 1.29 is 0 Å². The van der Waals surface area contributed by atoms with Gasteiger partial charge in [0.05, 0.1) is 0 Å². The van der Waals surface area contributed by atoms with Crippen LogP contribution in [0, 0.1) is 5.92 Å². The van der Waals surface area contributed by atoms with Crippen molar-refractivity contribution in [3.8, 4) is 5.95 Å². The highest BCUT2D eigenvalue weighted by Crippen LogP contribution is 2.17. The van der Waals surface area contributed by atoms with Gasteiger partial charge in [-0.3, -0.25) is 4.57 Å². The Hall–Kier alpha value is -2.18. The summed E-state index contributed by atoms with van der Waals surface area (Å²) in [4.78, 5) is 19.7. The lowest BCUT2D eigenvalue weighted by Crippen LogP contribution is -2.36. The fourth-order valence-corrected chi connectivity index (χ4v) is 2.00. The second kappa shape index (κ2) is 6.51. The Morgan fingerprint density at radius 3 is 2.48 bits per heavy atom. The van der Waals surface area contributed by atoms with Gasteiger partial charge in [-0.25, -0.2) is 4.98 Å². The third-order valence-corrected chi connectivity index (χ3v) is 3.01. The maximum atomic E-state index is 4.59. The highest BCUT2D eigenvalue weighted by atomic mass is 15.3. The number of hydrogen-bond acceptors (Lipinski definition) is 6. The Morgan fingerprint density at radius 2 is 1.95 bits per heavy atom. The standard InChI is InChI=1S/C14H23N7/c1-10(2)8-21(11(3)4)14-18-12(15-5)17-13(19-14)20-7-6-16-9-20/h6-7,9-11H,8H2,1-5H3,(H,15,17,18,19). The van der Waals surface area contributed by atoms with Crippen LogP contribution in [-0.4, -0.2) is 44.1 Å². The first-order valence-corrected chi connectivity index (χ1v) is 7.20. The summed E-state index contributed by atoms with van der Waals surface area (Å²) in [6.07, 6.45) is 5.21. The third-order valence-electron chi connectivity index (χ3n) is 3.01. The predicted octanol–water partition coefficient (Wildman–Crippen LogP) is 1.97. The normalized spacial score (nSPS) is 11.2. The van der Waals surface area contributed by atoms with Gasteiger partial charge in [0.1, 0.15) is 6.33 Å². The first-order chi connectivity index (χ1) is 10.0. The molecule has 2 aromatic rings. The molecule has 0 aromatic carbocycles. The van der Waals surface area contributed by atoms with E-state index >= 15 is 0 Å². The van der Waals surface area contributed by atoms with E-state index in [0.717, 1.165) is 6.54 Å². The molecule has 0 aliphatic rings. The van der Waals surface area contributed by atoms with Crippen LogP contribution in [0.1, 0.15) is 27.7 Å². The van der Waals surface area contributed by atoms with E-state index in [1.165, 1.54) is 0 Å². The molecule has 7 nitrogen and oxygen atoms in total. The lowest BCUT2D eigenvalue weighted by Gasteiger charge is -2.28. The summed E-state index contributed by atoms with van der Waals surface area (Å²) in [6.45, 7) is 9.55. The van der Waals surface area contributed by atoms with Crippen molar-refractivity contribution in [3.63, 3.8) is 0 Å². The first kappa shape index (κ1) is 15.2. The van der Waals surface area contributed by atoms with Crippen LogP contribution in [0.3, 0.4) is 0 Å². The number of hydrogen-bond donors (Lipinski definition) is 1. The molecule has 0 saturated carbocycles. The second-order valence-corrected chi connectivity index (χ2v) is 5.62. The molecule has 0 bridgehead atoms. The summed E-state index contributed by atoms with van der Waals surface area (Å²) in [5.74, 6) is 2.33. The summed E-state index contributed by atoms with van der Waals surface area (Å²) >= 11 is 0. The highest BCUT2D eigenvalue weighted by Gasteiger charge is 2.17. The minimum atomic E-state index is 0.315. The molecule has 0 spiro atoms. The molecule has 0 fully saturated rings. The fraction of sp³-hybridized carbons (Fsp3) is 0.571. The van der Waals surface area contributed by atoms with E-state index in [4.69, 9.17) is 0 Å². The average Bonchev–Trinajstić information content (AvgIpc) is 2.98. The molecule has 0 aliphatic heterocycles. The van der Waals surface area contributed by atoms with Crippen LogP contribution in [-0.2, 0) is 0 Å². The number of imidazole rings is 1. The molecule has 0 atom stereocenters. The smallest absolute Gasteiger partial charge is 0.241 e. The number of anilines is 2. The van der Waals surface area contributed by atoms with Crippen molar-refractivity contribution in [2.45, 2.75) is 33.7 Å². The molecule has 2 aromatic heterocycles. The molecule has 2 rings (SSSR count). The summed E-state index contributed by atoms with van der Waals surface area (Å²) < 4.78 is 1.78. The zero-order chi connectivity index (χ0) is 15.4. The summed E-state index contributed by atoms with van der Waals surface area (Å²) in [6, 6.07) is 0.315. The van der Waals surface area contributed by atoms with Crippen molar-refractivity contribution in [1.29, 1.82) is 0 Å². The third kappa shape index (κ3) is 3.68. The molecule has 7 heteroatoms. The van der Waals surface area contributed by atoms with Crippen LogP contribution >= 0.6 is 0 Å². The van der Waals surface area contributed by atoms with Crippen molar-refractivity contribution in [1.82, 2.24) is 24.5 Å². The largest absolute Gasteiger partial charge is 0.357 e. The Labute approximate surface area is 125 Å². The van der Waals surface area contributed by atoms with Gasteiger partial charge in [0.15, 0.2) is 0 Å². The van der Waals surface area contributed by atoms with Gasteiger partial charge in [0.25, 0.3) is 0 Å². The van der Waals surface area contributed by atoms with Gasteiger partial charge < -0.3 is 10.2 Å². The zero-order valence-electron chi connectivity index (χ0n) is 13.3. The van der Waals surface area contributed by atoms with Crippen LogP contribution < -0.4 is 10.2 Å². The topological polar surface area (TPSA) is 71.8 Å². The average molecular weight is 289 g/mol. The maximum Gasteiger partial charge on any atom is 0.241 e. The number of nitrogens with zero attached hydrogens (tertiary/aromatic N) is 6. The van der Waals surface area contributed by atoms with Gasteiger partial charge in [-0.05, 0) is 19.8 Å². The van der Waals surface area contributed by atoms with Crippen LogP contribution in [0.2, 0.25) is 0 Å². The zero-order valence-corrected chi connectivity index (χ0v) is 13.3. The fourth-order valence-electron chi connectivity index (χ4n) is 2.00. The molecular weight excluding hydrogens is 266 g/mol. The molecular formula is C14H23N7. The van der Waals surface area contributed by atoms with E-state index in [2.05, 4.69) is 57.8 Å². The SMILES string of the molecule is CNc1nc(N(CC(C)C)C(C)C)nc(-n2ccnc2)n1. The number of nitrogens with one attached hydrogen (secondary N) is 1. The van der Waals surface area contributed by atoms with Gasteiger partial charge >= 0.3 is 0 Å². The van der Waals surface area contributed by atoms with Gasteiger partial charge in [-0.15, -0.1) is 0 Å². The molecule has 21 heavy (non-hydrogen) atoms. The van der Waals surface area contributed by atoms with Crippen molar-refractivity contribution in [3.05, 3.63) is 18.7 Å². The van der Waals surface area contributed by atoms with Gasteiger partial charge in [0, 0.05) is 32.0 Å². The van der Waals surface area contributed by atoms with E-state index in [1.807, 2.05) is 6.20 Å². The molecule has 0 radical (unpaired) electrons. The van der Waals surface area contributed by atoms with E-state index in [0.29, 0.717) is 29.8 Å². The van der Waals surface area contributed by atoms with Crippen LogP contribution in [0.5, 0.6) is 0 Å². The van der Waals surface area contributed by atoms with Crippen molar-refractivity contribution in [2.24, 2.45) is 5.92 Å². The molecule has 1 N–H and O–H groups in total. The van der Waals surface area contributed by atoms with Crippen LogP contribution in [0.4, 0.5) is 11.9 Å². The van der Waals surface area contributed by atoms with E-state index in [-0.39, 0.29) is 0 Å². The molecule has 0 aliphatic carbocycles. The van der Waals surface area contributed by atoms with Gasteiger partial charge in [-0.1, -0.05) is 13.8 Å². The van der Waals surface area contributed by atoms with Gasteiger partial charge in [0.2, 0.25) is 17.8 Å². The number of aromatic nitrogens is 5. The predicted molar refractivity (Wildman–Crippen MR) is 83.8 cm³/mol. The summed E-state index contributed by atoms with van der Waals surface area (Å²) in [7, 11) is 1.80. The maximum absolute atomic E-state index is 4.59. The summed E-state index contributed by atoms with van der Waals surface area (Å²) in [5.41, 5.74) is 0. The Kier molecular flexibility index (Phi) is 4.72. The second-order valence-electron chi connectivity index (χ2n) is 5.62. The van der Waals surface area contributed by atoms with E-state index in [9.17, 15) is 0 Å². The highest BCUT2D eigenvalue weighted by molar-refractivity contribution is 5.40. The first-order valence-electron chi connectivity index (χ1n) is 7.20.